The Bertz CT molecular complexity index is 9260. The highest BCUT2D eigenvalue weighted by atomic mass is 14.4. The fourth-order valence-corrected chi connectivity index (χ4v) is 24.1. The van der Waals surface area contributed by atoms with Crippen LogP contribution in [0.4, 0.5) is 0 Å². The Hall–Kier alpha value is -15.6. The molecule has 0 amide bonds. The zero-order valence-electron chi connectivity index (χ0n) is 69.7. The molecule has 26 aromatic rings. The van der Waals surface area contributed by atoms with E-state index in [1.165, 1.54) is 323 Å². The molecule has 0 bridgehead atoms. The van der Waals surface area contributed by atoms with E-state index in [1.807, 2.05) is 0 Å². The summed E-state index contributed by atoms with van der Waals surface area (Å²) in [5, 5.41) is 42.9. The lowest BCUT2D eigenvalue weighted by Crippen LogP contribution is -1.95. The molecule has 0 heteroatoms. The summed E-state index contributed by atoms with van der Waals surface area (Å²) in [6.45, 7) is 11.1. The maximum atomic E-state index is 2.49. The van der Waals surface area contributed by atoms with Crippen LogP contribution < -0.4 is 0 Å². The molecule has 0 nitrogen and oxygen atoms in total. The number of fused-ring (bicyclic) bond motifs is 24. The summed E-state index contributed by atoms with van der Waals surface area (Å²) in [6, 6.07) is 140. The fourth-order valence-electron chi connectivity index (χ4n) is 24.1. The first kappa shape index (κ1) is 69.1. The van der Waals surface area contributed by atoms with E-state index in [0.29, 0.717) is 0 Å². The van der Waals surface area contributed by atoms with Crippen LogP contribution in [0.15, 0.2) is 370 Å². The summed E-state index contributed by atoms with van der Waals surface area (Å²) >= 11 is 0. The highest BCUT2D eigenvalue weighted by Gasteiger charge is 2.34. The predicted molar refractivity (Wildman–Crippen MR) is 540 cm³/mol. The summed E-state index contributed by atoms with van der Waals surface area (Å²) < 4.78 is 0. The zero-order valence-corrected chi connectivity index (χ0v) is 69.7. The van der Waals surface area contributed by atoms with E-state index in [0.717, 1.165) is 0 Å². The van der Waals surface area contributed by atoms with Crippen molar-refractivity contribution in [2.24, 2.45) is 0 Å². The van der Waals surface area contributed by atoms with Crippen molar-refractivity contribution in [2.45, 2.75) is 34.6 Å². The lowest BCUT2D eigenvalue weighted by molar-refractivity contribution is 1.48. The summed E-state index contributed by atoms with van der Waals surface area (Å²) in [4.78, 5) is 0. The van der Waals surface area contributed by atoms with Gasteiger partial charge in [0.2, 0.25) is 0 Å². The van der Waals surface area contributed by atoms with Crippen molar-refractivity contribution in [2.75, 3.05) is 0 Å². The van der Waals surface area contributed by atoms with Gasteiger partial charge in [0.1, 0.15) is 0 Å². The molecule has 0 N–H and O–H groups in total. The van der Waals surface area contributed by atoms with Gasteiger partial charge in [0.25, 0.3) is 0 Å². The highest BCUT2D eigenvalue weighted by Crippen LogP contribution is 2.61. The van der Waals surface area contributed by atoms with Crippen molar-refractivity contribution in [1.29, 1.82) is 0 Å². The smallest absolute Gasteiger partial charge is 0.000719 e. The highest BCUT2D eigenvalue weighted by molar-refractivity contribution is 6.39. The molecule has 30 rings (SSSR count). The van der Waals surface area contributed by atoms with Gasteiger partial charge in [-0.15, -0.1) is 0 Å². The van der Waals surface area contributed by atoms with Crippen molar-refractivity contribution in [1.82, 2.24) is 0 Å². The van der Waals surface area contributed by atoms with Crippen molar-refractivity contribution in [3.8, 4) is 122 Å². The summed E-state index contributed by atoms with van der Waals surface area (Å²) in [7, 11) is 0. The van der Waals surface area contributed by atoms with E-state index < -0.39 is 0 Å². The molecule has 0 unspecified atom stereocenters. The summed E-state index contributed by atoms with van der Waals surface area (Å²) in [6.07, 6.45) is 0. The number of benzene rings is 26. The molecule has 0 fully saturated rings. The lowest BCUT2D eigenvalue weighted by Gasteiger charge is -2.22. The molecule has 4 aliphatic carbocycles. The molecule has 26 aromatic carbocycles. The second-order valence-electron chi connectivity index (χ2n) is 36.3. The van der Waals surface area contributed by atoms with Gasteiger partial charge in [-0.25, -0.2) is 0 Å². The molecule has 0 saturated heterocycles. The van der Waals surface area contributed by atoms with Crippen LogP contribution in [-0.2, 0) is 0 Å². The molecule has 125 heavy (non-hydrogen) atoms. The van der Waals surface area contributed by atoms with E-state index in [2.05, 4.69) is 405 Å². The van der Waals surface area contributed by atoms with Crippen molar-refractivity contribution in [3.63, 3.8) is 0 Å². The number of hydrogen-bond donors (Lipinski definition) is 0. The van der Waals surface area contributed by atoms with Gasteiger partial charge in [-0.05, 0) is 406 Å². The molecule has 4 aliphatic rings. The monoisotopic (exact) mass is 1580 g/mol. The third-order valence-electron chi connectivity index (χ3n) is 28.9. The van der Waals surface area contributed by atoms with E-state index in [9.17, 15) is 0 Å². The maximum Gasteiger partial charge on any atom is -0.000719 e. The Morgan fingerprint density at radius 2 is 0.448 bits per heavy atom. The van der Waals surface area contributed by atoms with Crippen LogP contribution in [0, 0.1) is 34.6 Å². The fraction of sp³-hybridized carbons (Fsp3) is 0.0400. The van der Waals surface area contributed by atoms with Crippen molar-refractivity contribution >= 4 is 172 Å². The zero-order chi connectivity index (χ0) is 82.2. The minimum atomic E-state index is 1.25. The minimum Gasteiger partial charge on any atom is -0.0622 e. The van der Waals surface area contributed by atoms with E-state index in [1.54, 1.807) is 0 Å². The third kappa shape index (κ3) is 9.61. The van der Waals surface area contributed by atoms with Gasteiger partial charge in [0.05, 0.1) is 0 Å². The first-order valence-corrected chi connectivity index (χ1v) is 44.1. The van der Waals surface area contributed by atoms with Crippen LogP contribution in [0.2, 0.25) is 0 Å². The lowest BCUT2D eigenvalue weighted by atomic mass is 9.80. The summed E-state index contributed by atoms with van der Waals surface area (Å²) in [5.74, 6) is 0. The van der Waals surface area contributed by atoms with Gasteiger partial charge in [-0.3, -0.25) is 0 Å². The normalized spacial score (nSPS) is 12.5. The predicted octanol–water partition coefficient (Wildman–Crippen LogP) is 35.5. The van der Waals surface area contributed by atoms with Crippen molar-refractivity contribution in [3.05, 3.63) is 398 Å². The minimum absolute atomic E-state index is 1.25. The van der Waals surface area contributed by atoms with Crippen LogP contribution in [-0.4, -0.2) is 0 Å². The standard InChI is InChI=1S/C51H30.C42H26.C32H20/c1-29-25-34-17-10-18-36-43-28-41-33(27-42(43)44(26-29)46(34)36)21-22-37-35(41)23-24-40-47(31-11-4-2-5-12-31)50-38-19-8-15-30-16-9-20-39(45(30)38)51(50)48(49(37)40)32-13-6-3-7-14-32;1-23-15-30-16-24(2)18-37-35-22-32-29(21-34(35)36(17-23)40(30)37)20-33(25-7-4-3-5-8-25)42-31-14-13-27-10-6-9-26-11-12-28(19-38(32)42)41(31)39(26)27;1-17-11-21-12-18(2)14-29-27-16-25-23-8-4-6-20-10-9-19-5-3-7-22(31(19)32(20)23)24(25)15-26(27)28(13-17)30(21)29/h2-28H,1H3;3-22H,1-2H3;3-16H,1-2H3. The van der Waals surface area contributed by atoms with Crippen molar-refractivity contribution < 1.29 is 0 Å². The van der Waals surface area contributed by atoms with Crippen LogP contribution >= 0.6 is 0 Å². The van der Waals surface area contributed by atoms with Gasteiger partial charge in [-0.1, -0.05) is 322 Å². The molecule has 0 radical (unpaired) electrons. The molecule has 0 aliphatic heterocycles. The Kier molecular flexibility index (Phi) is 14.0. The van der Waals surface area contributed by atoms with E-state index in [4.69, 9.17) is 0 Å². The quantitative estimate of drug-likeness (QED) is 0.122. The molecule has 576 valence electrons. The van der Waals surface area contributed by atoms with E-state index in [-0.39, 0.29) is 0 Å². The van der Waals surface area contributed by atoms with Crippen LogP contribution in [0.3, 0.4) is 0 Å². The Morgan fingerprint density at radius 3 is 1.00 bits per heavy atom. The number of hydrogen-bond acceptors (Lipinski definition) is 0. The third-order valence-corrected chi connectivity index (χ3v) is 28.9. The average molecular weight is 1580 g/mol. The maximum absolute atomic E-state index is 2.49. The SMILES string of the molecule is Cc1cc2c3c(cc(C)cc3c1)-c1cc3c(cc1-2)c1cccc2ccc4cccc3c4c21.Cc1cc2c3c(cc(C)cc3c1)-c1cc3c(cc1-2)cc(-c1ccccc1)c1c3cc2ccc3cccc4ccc1c2c34.Cc1cc2c3c(cccc3c1)-c1cc3c(ccc4c3ccc3c(-c5ccccc5)c5c(c(-c6ccccc6)c34)-c3cccc4cccc-5c34)cc1-2. The number of rotatable bonds is 3. The summed E-state index contributed by atoms with van der Waals surface area (Å²) in [5.41, 5.74) is 36.0. The number of aryl methyl sites for hydroxylation is 5. The van der Waals surface area contributed by atoms with Gasteiger partial charge in [-0.2, -0.15) is 0 Å². The van der Waals surface area contributed by atoms with Gasteiger partial charge in [0.15, 0.2) is 0 Å². The topological polar surface area (TPSA) is 0 Å². The molecular formula is C125H76. The van der Waals surface area contributed by atoms with Crippen LogP contribution in [0.1, 0.15) is 27.8 Å². The van der Waals surface area contributed by atoms with Gasteiger partial charge >= 0.3 is 0 Å². The molecule has 0 spiro atoms. The Labute approximate surface area is 722 Å². The van der Waals surface area contributed by atoms with Gasteiger partial charge in [0, 0.05) is 0 Å². The molecule has 0 saturated carbocycles. The van der Waals surface area contributed by atoms with Crippen LogP contribution in [0.25, 0.3) is 295 Å². The second kappa shape index (κ2) is 25.3. The first-order chi connectivity index (χ1) is 61.5. The second-order valence-corrected chi connectivity index (χ2v) is 36.3. The van der Waals surface area contributed by atoms with Crippen LogP contribution in [0.5, 0.6) is 0 Å². The van der Waals surface area contributed by atoms with Gasteiger partial charge < -0.3 is 0 Å². The Morgan fingerprint density at radius 1 is 0.112 bits per heavy atom. The average Bonchev–Trinajstić information content (AvgIpc) is 1.59. The molecular weight excluding hydrogens is 1500 g/mol. The molecule has 0 atom stereocenters. The Balaban J connectivity index is 0.0000000981. The van der Waals surface area contributed by atoms with E-state index >= 15 is 0 Å². The molecule has 0 heterocycles. The molecule has 0 aromatic heterocycles. The first-order valence-electron chi connectivity index (χ1n) is 44.1. The largest absolute Gasteiger partial charge is 0.0622 e.